The molecule has 136 valence electrons. The van der Waals surface area contributed by atoms with Crippen molar-refractivity contribution in [3.05, 3.63) is 65.5 Å². The van der Waals surface area contributed by atoms with Crippen LogP contribution in [-0.4, -0.2) is 41.5 Å². The minimum atomic E-state index is 0. The molecule has 2 saturated heterocycles. The van der Waals surface area contributed by atoms with Crippen LogP contribution in [0.5, 0.6) is 0 Å². The largest absolute Gasteiger partial charge is 0.299 e. The first-order chi connectivity index (χ1) is 11.2. The van der Waals surface area contributed by atoms with Crippen molar-refractivity contribution in [2.24, 2.45) is 11.8 Å². The van der Waals surface area contributed by atoms with Gasteiger partial charge in [0.05, 0.1) is 0 Å². The molecular weight excluding hydrogens is 353 g/mol. The molecule has 5 heteroatoms. The van der Waals surface area contributed by atoms with E-state index in [2.05, 4.69) is 64.3 Å². The maximum Gasteiger partial charge on any atom is 0.0389 e. The van der Waals surface area contributed by atoms with Crippen LogP contribution in [-0.2, 0) is 6.54 Å². The molecule has 0 aliphatic carbocycles. The second-order valence-electron chi connectivity index (χ2n) is 7.22. The number of halogens is 2. The van der Waals surface area contributed by atoms with Crippen molar-refractivity contribution < 1.29 is 0 Å². The smallest absolute Gasteiger partial charge is 0.0389 e. The molecular formula is C20H27Cl2N3. The number of aromatic nitrogens is 1. The van der Waals surface area contributed by atoms with Gasteiger partial charge in [0.2, 0.25) is 0 Å². The standard InChI is InChI=1S/C20H25N3.2ClH/c1-15-8-9-16(10-21-15)11-23-13-18-12-22(2)20(19(18)14-23)17-6-4-3-5-7-17;;/h3-10,18-20H,11-14H2,1-2H3;2*1H/t18-,19+,20-;;/m0../s1. The number of pyridine rings is 1. The normalized spacial score (nSPS) is 25.9. The predicted molar refractivity (Wildman–Crippen MR) is 108 cm³/mol. The van der Waals surface area contributed by atoms with Gasteiger partial charge in [-0.15, -0.1) is 24.8 Å². The van der Waals surface area contributed by atoms with Gasteiger partial charge in [-0.3, -0.25) is 14.8 Å². The van der Waals surface area contributed by atoms with E-state index in [4.69, 9.17) is 0 Å². The number of hydrogen-bond acceptors (Lipinski definition) is 3. The third-order valence-electron chi connectivity index (χ3n) is 5.49. The summed E-state index contributed by atoms with van der Waals surface area (Å²) in [6.45, 7) is 6.71. The van der Waals surface area contributed by atoms with Crippen LogP contribution in [0.25, 0.3) is 0 Å². The summed E-state index contributed by atoms with van der Waals surface area (Å²) in [4.78, 5) is 9.60. The van der Waals surface area contributed by atoms with Crippen LogP contribution in [0.4, 0.5) is 0 Å². The van der Waals surface area contributed by atoms with Crippen LogP contribution in [0.2, 0.25) is 0 Å². The molecule has 0 unspecified atom stereocenters. The molecule has 2 aliphatic heterocycles. The number of benzene rings is 1. The van der Waals surface area contributed by atoms with Gasteiger partial charge in [-0.1, -0.05) is 36.4 Å². The lowest BCUT2D eigenvalue weighted by Crippen LogP contribution is -2.28. The average molecular weight is 380 g/mol. The second kappa shape index (κ2) is 8.50. The lowest BCUT2D eigenvalue weighted by atomic mass is 9.90. The third kappa shape index (κ3) is 4.17. The SMILES string of the molecule is Cc1ccc(CN2C[C@@H]3CN(C)[C@@H](c4ccccc4)[C@@H]3C2)cn1.Cl.Cl. The van der Waals surface area contributed by atoms with E-state index >= 15 is 0 Å². The van der Waals surface area contributed by atoms with Crippen molar-refractivity contribution in [3.8, 4) is 0 Å². The van der Waals surface area contributed by atoms with Gasteiger partial charge in [0, 0.05) is 44.1 Å². The second-order valence-corrected chi connectivity index (χ2v) is 7.22. The summed E-state index contributed by atoms with van der Waals surface area (Å²) in [6, 6.07) is 15.9. The van der Waals surface area contributed by atoms with Crippen LogP contribution in [0.1, 0.15) is 22.9 Å². The zero-order valence-electron chi connectivity index (χ0n) is 14.8. The van der Waals surface area contributed by atoms with Gasteiger partial charge >= 0.3 is 0 Å². The van der Waals surface area contributed by atoms with E-state index in [1.165, 1.54) is 30.8 Å². The van der Waals surface area contributed by atoms with Gasteiger partial charge in [0.25, 0.3) is 0 Å². The summed E-state index contributed by atoms with van der Waals surface area (Å²) in [6.07, 6.45) is 2.03. The Bertz CT molecular complexity index is 662. The van der Waals surface area contributed by atoms with Crippen molar-refractivity contribution in [1.82, 2.24) is 14.8 Å². The highest BCUT2D eigenvalue weighted by Gasteiger charge is 2.45. The Hall–Kier alpha value is -1.13. The fourth-order valence-corrected chi connectivity index (χ4v) is 4.48. The molecule has 0 saturated carbocycles. The molecule has 2 fully saturated rings. The number of fused-ring (bicyclic) bond motifs is 1. The van der Waals surface area contributed by atoms with E-state index in [1.54, 1.807) is 0 Å². The lowest BCUT2D eigenvalue weighted by Gasteiger charge is -2.26. The highest BCUT2D eigenvalue weighted by molar-refractivity contribution is 5.85. The van der Waals surface area contributed by atoms with E-state index in [1.807, 2.05) is 13.1 Å². The van der Waals surface area contributed by atoms with Crippen LogP contribution < -0.4 is 0 Å². The lowest BCUT2D eigenvalue weighted by molar-refractivity contribution is 0.224. The van der Waals surface area contributed by atoms with Gasteiger partial charge < -0.3 is 0 Å². The Morgan fingerprint density at radius 1 is 1.00 bits per heavy atom. The highest BCUT2D eigenvalue weighted by atomic mass is 35.5. The first-order valence-electron chi connectivity index (χ1n) is 8.60. The number of hydrogen-bond donors (Lipinski definition) is 0. The fourth-order valence-electron chi connectivity index (χ4n) is 4.48. The molecule has 3 heterocycles. The van der Waals surface area contributed by atoms with E-state index in [9.17, 15) is 0 Å². The molecule has 0 amide bonds. The van der Waals surface area contributed by atoms with Crippen LogP contribution in [0.3, 0.4) is 0 Å². The topological polar surface area (TPSA) is 19.4 Å². The number of likely N-dealkylation sites (tertiary alicyclic amines) is 2. The van der Waals surface area contributed by atoms with E-state index < -0.39 is 0 Å². The molecule has 1 aromatic carbocycles. The summed E-state index contributed by atoms with van der Waals surface area (Å²) >= 11 is 0. The van der Waals surface area contributed by atoms with E-state index in [0.29, 0.717) is 6.04 Å². The van der Waals surface area contributed by atoms with Gasteiger partial charge in [0.15, 0.2) is 0 Å². The minimum Gasteiger partial charge on any atom is -0.299 e. The maximum atomic E-state index is 4.43. The Labute approximate surface area is 163 Å². The van der Waals surface area contributed by atoms with Gasteiger partial charge in [0.1, 0.15) is 0 Å². The molecule has 4 rings (SSSR count). The average Bonchev–Trinajstić information content (AvgIpc) is 3.06. The molecule has 0 N–H and O–H groups in total. The molecule has 0 spiro atoms. The minimum absolute atomic E-state index is 0. The fraction of sp³-hybridized carbons (Fsp3) is 0.450. The van der Waals surface area contributed by atoms with Crippen molar-refractivity contribution in [3.63, 3.8) is 0 Å². The van der Waals surface area contributed by atoms with Crippen molar-refractivity contribution in [2.45, 2.75) is 19.5 Å². The molecule has 0 radical (unpaired) electrons. The van der Waals surface area contributed by atoms with Crippen LogP contribution >= 0.6 is 24.8 Å². The maximum absolute atomic E-state index is 4.43. The van der Waals surface area contributed by atoms with Crippen LogP contribution in [0.15, 0.2) is 48.7 Å². The molecule has 2 aromatic rings. The zero-order chi connectivity index (χ0) is 15.8. The summed E-state index contributed by atoms with van der Waals surface area (Å²) in [5.74, 6) is 1.55. The number of aryl methyl sites for hydroxylation is 1. The summed E-state index contributed by atoms with van der Waals surface area (Å²) < 4.78 is 0. The molecule has 2 aliphatic rings. The van der Waals surface area contributed by atoms with E-state index in [0.717, 1.165) is 24.1 Å². The highest BCUT2D eigenvalue weighted by Crippen LogP contribution is 2.44. The number of rotatable bonds is 3. The Kier molecular flexibility index (Phi) is 6.86. The van der Waals surface area contributed by atoms with Crippen molar-refractivity contribution in [1.29, 1.82) is 0 Å². The van der Waals surface area contributed by atoms with Crippen LogP contribution in [0, 0.1) is 18.8 Å². The van der Waals surface area contributed by atoms with Crippen molar-refractivity contribution >= 4 is 24.8 Å². The Morgan fingerprint density at radius 3 is 2.44 bits per heavy atom. The van der Waals surface area contributed by atoms with E-state index in [-0.39, 0.29) is 24.8 Å². The Balaban J connectivity index is 0.00000113. The first-order valence-corrected chi connectivity index (χ1v) is 8.60. The summed E-state index contributed by atoms with van der Waals surface area (Å²) in [5.41, 5.74) is 3.90. The molecule has 1 aromatic heterocycles. The first kappa shape index (κ1) is 20.2. The quantitative estimate of drug-likeness (QED) is 0.803. The molecule has 3 nitrogen and oxygen atoms in total. The van der Waals surface area contributed by atoms with Crippen molar-refractivity contribution in [2.75, 3.05) is 26.7 Å². The molecule has 25 heavy (non-hydrogen) atoms. The summed E-state index contributed by atoms with van der Waals surface area (Å²) in [7, 11) is 2.28. The van der Waals surface area contributed by atoms with Gasteiger partial charge in [-0.25, -0.2) is 0 Å². The van der Waals surface area contributed by atoms with Gasteiger partial charge in [-0.2, -0.15) is 0 Å². The number of nitrogens with zero attached hydrogens (tertiary/aromatic N) is 3. The molecule has 3 atom stereocenters. The third-order valence-corrected chi connectivity index (χ3v) is 5.49. The Morgan fingerprint density at radius 2 is 1.76 bits per heavy atom. The zero-order valence-corrected chi connectivity index (χ0v) is 16.5. The van der Waals surface area contributed by atoms with Gasteiger partial charge in [-0.05, 0) is 43.0 Å². The molecule has 0 bridgehead atoms. The monoisotopic (exact) mass is 379 g/mol. The predicted octanol–water partition coefficient (Wildman–Crippen LogP) is 3.97. The summed E-state index contributed by atoms with van der Waals surface area (Å²) in [5, 5.41) is 0.